The maximum absolute atomic E-state index is 10.8. The van der Waals surface area contributed by atoms with E-state index in [0.29, 0.717) is 6.04 Å². The van der Waals surface area contributed by atoms with Gasteiger partial charge in [-0.3, -0.25) is 4.90 Å². The van der Waals surface area contributed by atoms with E-state index < -0.39 is 5.97 Å². The van der Waals surface area contributed by atoms with Crippen molar-refractivity contribution in [3.8, 4) is 0 Å². The fourth-order valence-electron chi connectivity index (χ4n) is 2.79. The minimum absolute atomic E-state index is 0.0254. The van der Waals surface area contributed by atoms with E-state index in [1.807, 2.05) is 0 Å². The molecule has 6 heteroatoms. The zero-order chi connectivity index (χ0) is 15.2. The minimum atomic E-state index is -1.02. The number of aromatic carboxylic acids is 1. The van der Waals surface area contributed by atoms with E-state index in [2.05, 4.69) is 29.1 Å². The van der Waals surface area contributed by atoms with Crippen LogP contribution in [0.2, 0.25) is 0 Å². The number of hydrogen-bond donors (Lipinski definition) is 1. The van der Waals surface area contributed by atoms with E-state index in [-0.39, 0.29) is 11.7 Å². The number of carboxylic acids is 1. The lowest BCUT2D eigenvalue weighted by molar-refractivity contribution is 0.0543. The van der Waals surface area contributed by atoms with Crippen LogP contribution in [0.1, 0.15) is 68.9 Å². The normalized spacial score (nSPS) is 17.6. The molecule has 21 heavy (non-hydrogen) atoms. The van der Waals surface area contributed by atoms with Crippen LogP contribution in [0.25, 0.3) is 0 Å². The molecule has 118 valence electrons. The van der Waals surface area contributed by atoms with E-state index in [9.17, 15) is 4.79 Å². The largest absolute Gasteiger partial charge is 0.476 e. The van der Waals surface area contributed by atoms with Crippen LogP contribution >= 0.6 is 0 Å². The van der Waals surface area contributed by atoms with Crippen LogP contribution in [0.15, 0.2) is 6.20 Å². The molecule has 1 aromatic rings. The van der Waals surface area contributed by atoms with Crippen molar-refractivity contribution in [1.82, 2.24) is 19.9 Å². The molecule has 1 atom stereocenters. The minimum Gasteiger partial charge on any atom is -0.476 e. The Balaban J connectivity index is 1.66. The van der Waals surface area contributed by atoms with Gasteiger partial charge in [-0.2, -0.15) is 0 Å². The van der Waals surface area contributed by atoms with Gasteiger partial charge in [0.25, 0.3) is 0 Å². The first-order chi connectivity index (χ1) is 10.1. The van der Waals surface area contributed by atoms with Crippen LogP contribution in [-0.2, 0) is 0 Å². The average Bonchev–Trinajstić information content (AvgIpc) is 2.86. The number of rotatable bonds is 9. The van der Waals surface area contributed by atoms with Gasteiger partial charge >= 0.3 is 5.97 Å². The maximum atomic E-state index is 10.8. The molecule has 1 aliphatic heterocycles. The molecule has 0 spiro atoms. The molecule has 0 aliphatic carbocycles. The average molecular weight is 294 g/mol. The molecule has 1 unspecified atom stereocenters. The molecular weight excluding hydrogens is 268 g/mol. The van der Waals surface area contributed by atoms with Crippen LogP contribution in [0.5, 0.6) is 0 Å². The fourth-order valence-corrected chi connectivity index (χ4v) is 2.79. The van der Waals surface area contributed by atoms with Gasteiger partial charge in [0.15, 0.2) is 5.69 Å². The molecule has 1 aromatic heterocycles. The lowest BCUT2D eigenvalue weighted by Gasteiger charge is -2.43. The van der Waals surface area contributed by atoms with Crippen molar-refractivity contribution in [2.45, 2.75) is 64.5 Å². The zero-order valence-corrected chi connectivity index (χ0v) is 13.0. The van der Waals surface area contributed by atoms with Gasteiger partial charge in [-0.25, -0.2) is 9.48 Å². The molecule has 0 radical (unpaired) electrons. The number of carbonyl (C=O) groups is 1. The molecule has 2 rings (SSSR count). The Morgan fingerprint density at radius 3 is 2.71 bits per heavy atom. The van der Waals surface area contributed by atoms with E-state index in [1.54, 1.807) is 4.68 Å². The summed E-state index contributed by atoms with van der Waals surface area (Å²) in [5.41, 5.74) is 0.0254. The maximum Gasteiger partial charge on any atom is 0.358 e. The van der Waals surface area contributed by atoms with Crippen molar-refractivity contribution in [1.29, 1.82) is 0 Å². The van der Waals surface area contributed by atoms with E-state index in [1.165, 1.54) is 44.7 Å². The molecule has 6 nitrogen and oxygen atoms in total. The molecule has 0 bridgehead atoms. The number of nitrogens with zero attached hydrogens (tertiary/aromatic N) is 4. The Morgan fingerprint density at radius 1 is 1.38 bits per heavy atom. The van der Waals surface area contributed by atoms with Crippen molar-refractivity contribution in [3.05, 3.63) is 11.9 Å². The lowest BCUT2D eigenvalue weighted by atomic mass is 10.0. The SMILES string of the molecule is CCCCCCCC(C)N1CC(n2cc(C(=O)O)nn2)C1. The number of aromatic nitrogens is 3. The molecule has 1 fully saturated rings. The van der Waals surface area contributed by atoms with Gasteiger partial charge in [-0.05, 0) is 13.3 Å². The second kappa shape index (κ2) is 7.54. The summed E-state index contributed by atoms with van der Waals surface area (Å²) in [6.07, 6.45) is 9.39. The van der Waals surface area contributed by atoms with Crippen molar-refractivity contribution in [2.24, 2.45) is 0 Å². The number of unbranched alkanes of at least 4 members (excludes halogenated alkanes) is 4. The second-order valence-electron chi connectivity index (χ2n) is 6.05. The predicted molar refractivity (Wildman–Crippen MR) is 80.4 cm³/mol. The van der Waals surface area contributed by atoms with Crippen LogP contribution in [0.4, 0.5) is 0 Å². The Labute approximate surface area is 126 Å². The fraction of sp³-hybridized carbons (Fsp3) is 0.800. The van der Waals surface area contributed by atoms with E-state index in [4.69, 9.17) is 5.11 Å². The predicted octanol–water partition coefficient (Wildman–Crippen LogP) is 2.58. The number of carboxylic acid groups (broad SMARTS) is 1. The second-order valence-corrected chi connectivity index (χ2v) is 6.05. The van der Waals surface area contributed by atoms with Gasteiger partial charge in [0.1, 0.15) is 0 Å². The Bertz CT molecular complexity index is 454. The Hall–Kier alpha value is -1.43. The zero-order valence-electron chi connectivity index (χ0n) is 13.0. The molecule has 2 heterocycles. The standard InChI is InChI=1S/C15H26N4O2/c1-3-4-5-6-7-8-12(2)18-9-13(10-18)19-11-14(15(20)21)16-17-19/h11-13H,3-10H2,1-2H3,(H,20,21). The van der Waals surface area contributed by atoms with E-state index >= 15 is 0 Å². The Morgan fingerprint density at radius 2 is 2.10 bits per heavy atom. The first-order valence-corrected chi connectivity index (χ1v) is 8.01. The smallest absolute Gasteiger partial charge is 0.358 e. The summed E-state index contributed by atoms with van der Waals surface area (Å²) in [6.45, 7) is 6.40. The van der Waals surface area contributed by atoms with Crippen molar-refractivity contribution < 1.29 is 9.90 Å². The van der Waals surface area contributed by atoms with Gasteiger partial charge in [-0.1, -0.05) is 44.2 Å². The Kier molecular flexibility index (Phi) is 5.73. The monoisotopic (exact) mass is 294 g/mol. The van der Waals surface area contributed by atoms with Gasteiger partial charge in [0.2, 0.25) is 0 Å². The van der Waals surface area contributed by atoms with Crippen LogP contribution in [0.3, 0.4) is 0 Å². The summed E-state index contributed by atoms with van der Waals surface area (Å²) in [5.74, 6) is -1.02. The van der Waals surface area contributed by atoms with Crippen LogP contribution < -0.4 is 0 Å². The van der Waals surface area contributed by atoms with Crippen molar-refractivity contribution in [3.63, 3.8) is 0 Å². The first-order valence-electron chi connectivity index (χ1n) is 8.01. The summed E-state index contributed by atoms with van der Waals surface area (Å²) >= 11 is 0. The topological polar surface area (TPSA) is 71.2 Å². The third-order valence-electron chi connectivity index (χ3n) is 4.34. The summed E-state index contributed by atoms with van der Waals surface area (Å²) in [4.78, 5) is 13.2. The molecule has 0 saturated carbocycles. The van der Waals surface area contributed by atoms with Crippen molar-refractivity contribution in [2.75, 3.05) is 13.1 Å². The van der Waals surface area contributed by atoms with Crippen LogP contribution in [0, 0.1) is 0 Å². The number of hydrogen-bond acceptors (Lipinski definition) is 4. The highest BCUT2D eigenvalue weighted by molar-refractivity contribution is 5.84. The molecule has 1 aliphatic rings. The van der Waals surface area contributed by atoms with E-state index in [0.717, 1.165) is 13.1 Å². The van der Waals surface area contributed by atoms with Crippen LogP contribution in [-0.4, -0.2) is 50.1 Å². The van der Waals surface area contributed by atoms with Gasteiger partial charge < -0.3 is 5.11 Å². The lowest BCUT2D eigenvalue weighted by Crippen LogP contribution is -2.51. The summed E-state index contributed by atoms with van der Waals surface area (Å²) in [6, 6.07) is 0.874. The van der Waals surface area contributed by atoms with Crippen molar-refractivity contribution >= 4 is 5.97 Å². The summed E-state index contributed by atoms with van der Waals surface area (Å²) < 4.78 is 1.69. The third-order valence-corrected chi connectivity index (χ3v) is 4.34. The molecule has 0 aromatic carbocycles. The van der Waals surface area contributed by atoms with Gasteiger partial charge in [0, 0.05) is 19.1 Å². The molecule has 1 saturated heterocycles. The highest BCUT2D eigenvalue weighted by atomic mass is 16.4. The van der Waals surface area contributed by atoms with Gasteiger partial charge in [0.05, 0.1) is 12.2 Å². The number of likely N-dealkylation sites (tertiary alicyclic amines) is 1. The highest BCUT2D eigenvalue weighted by Gasteiger charge is 2.32. The highest BCUT2D eigenvalue weighted by Crippen LogP contribution is 2.25. The summed E-state index contributed by atoms with van der Waals surface area (Å²) in [5, 5.41) is 16.4. The molecule has 1 N–H and O–H groups in total. The quantitative estimate of drug-likeness (QED) is 0.709. The molecular formula is C15H26N4O2. The summed E-state index contributed by atoms with van der Waals surface area (Å²) in [7, 11) is 0. The molecule has 0 amide bonds. The van der Waals surface area contributed by atoms with Gasteiger partial charge in [-0.15, -0.1) is 5.10 Å². The first kappa shape index (κ1) is 15.9. The third kappa shape index (κ3) is 4.27.